The fourth-order valence-electron chi connectivity index (χ4n) is 5.66. The Morgan fingerprint density at radius 3 is 2.48 bits per heavy atom. The lowest BCUT2D eigenvalue weighted by molar-refractivity contribution is -0.119. The highest BCUT2D eigenvalue weighted by Gasteiger charge is 2.33. The van der Waals surface area contributed by atoms with E-state index in [1.54, 1.807) is 12.1 Å². The van der Waals surface area contributed by atoms with Gasteiger partial charge in [0, 0.05) is 62.7 Å². The highest BCUT2D eigenvalue weighted by Crippen LogP contribution is 2.33. The predicted octanol–water partition coefficient (Wildman–Crippen LogP) is 5.70. The molecule has 0 bridgehead atoms. The molecule has 1 saturated heterocycles. The number of ether oxygens (including phenoxy) is 1. The summed E-state index contributed by atoms with van der Waals surface area (Å²) in [4.78, 5) is 31.1. The molecule has 0 radical (unpaired) electrons. The number of Topliss-reactive ketones (excluding diaryl/α,β-unsaturated/α-hetero) is 1. The molecule has 1 amide bonds. The van der Waals surface area contributed by atoms with E-state index in [1.165, 1.54) is 11.6 Å². The minimum Gasteiger partial charge on any atom is -0.489 e. The maximum atomic E-state index is 14.4. The molecule has 1 fully saturated rings. The van der Waals surface area contributed by atoms with E-state index in [0.717, 1.165) is 49.6 Å². The molecule has 2 heterocycles. The van der Waals surface area contributed by atoms with Crippen molar-refractivity contribution in [3.05, 3.63) is 94.3 Å². The van der Waals surface area contributed by atoms with Gasteiger partial charge in [0.2, 0.25) is 0 Å². The third-order valence-corrected chi connectivity index (χ3v) is 8.33. The Bertz CT molecular complexity index is 1480. The Kier molecular flexibility index (Phi) is 9.19. The summed E-state index contributed by atoms with van der Waals surface area (Å²) in [7, 11) is 0. The number of carbonyl (C=O) groups is 2. The lowest BCUT2D eigenvalue weighted by Crippen LogP contribution is -2.46. The summed E-state index contributed by atoms with van der Waals surface area (Å²) >= 11 is 0. The monoisotopic (exact) mass is 568 g/mol. The van der Waals surface area contributed by atoms with Crippen molar-refractivity contribution in [2.24, 2.45) is 0 Å². The van der Waals surface area contributed by atoms with E-state index in [0.29, 0.717) is 49.2 Å². The molecule has 8 heteroatoms. The fourth-order valence-corrected chi connectivity index (χ4v) is 5.66. The number of piperazine rings is 1. The van der Waals surface area contributed by atoms with Gasteiger partial charge in [-0.25, -0.2) is 4.39 Å². The summed E-state index contributed by atoms with van der Waals surface area (Å²) in [5.41, 5.74) is 4.73. The van der Waals surface area contributed by atoms with E-state index in [1.807, 2.05) is 47.9 Å². The average molecular weight is 569 g/mol. The average Bonchev–Trinajstić information content (AvgIpc) is 3.36. The maximum Gasteiger partial charge on any atom is 0.254 e. The van der Waals surface area contributed by atoms with E-state index in [9.17, 15) is 14.0 Å². The molecule has 0 N–H and O–H groups in total. The van der Waals surface area contributed by atoms with Crippen LogP contribution in [0.3, 0.4) is 0 Å². The van der Waals surface area contributed by atoms with Gasteiger partial charge < -0.3 is 14.5 Å². The van der Waals surface area contributed by atoms with Crippen molar-refractivity contribution in [1.82, 2.24) is 9.80 Å². The number of hydrogen-bond donors (Lipinski definition) is 0. The molecule has 1 unspecified atom stereocenters. The molecule has 0 spiro atoms. The molecule has 0 saturated carbocycles. The Labute approximate surface area is 247 Å². The van der Waals surface area contributed by atoms with Crippen LogP contribution in [0.15, 0.2) is 60.7 Å². The molecule has 3 aromatic rings. The minimum atomic E-state index is -0.348. The van der Waals surface area contributed by atoms with Crippen LogP contribution in [-0.2, 0) is 24.5 Å². The number of halogens is 1. The van der Waals surface area contributed by atoms with Gasteiger partial charge in [-0.05, 0) is 54.8 Å². The number of carbonyl (C=O) groups excluding carboxylic acids is 2. The number of fused-ring (bicyclic) bond motifs is 1. The largest absolute Gasteiger partial charge is 0.489 e. The maximum absolute atomic E-state index is 14.4. The third-order valence-electron chi connectivity index (χ3n) is 8.33. The first kappa shape index (κ1) is 29.3. The van der Waals surface area contributed by atoms with Crippen molar-refractivity contribution in [3.8, 4) is 11.8 Å². The van der Waals surface area contributed by atoms with Crippen LogP contribution in [-0.4, -0.2) is 53.7 Å². The second-order valence-electron chi connectivity index (χ2n) is 11.1. The minimum absolute atomic E-state index is 0.000813. The summed E-state index contributed by atoms with van der Waals surface area (Å²) in [5, 5.41) is 8.97. The molecule has 0 aromatic heterocycles. The number of anilines is 1. The van der Waals surface area contributed by atoms with Gasteiger partial charge in [-0.15, -0.1) is 0 Å². The summed E-state index contributed by atoms with van der Waals surface area (Å²) in [5.74, 6) is 0.597. The van der Waals surface area contributed by atoms with Gasteiger partial charge in [-0.2, -0.15) is 5.26 Å². The molecular weight excluding hydrogens is 531 g/mol. The van der Waals surface area contributed by atoms with Gasteiger partial charge in [0.25, 0.3) is 5.91 Å². The normalized spacial score (nSPS) is 15.8. The van der Waals surface area contributed by atoms with Crippen molar-refractivity contribution in [2.45, 2.75) is 58.8 Å². The molecule has 3 aromatic carbocycles. The fraction of sp³-hybridized carbons (Fsp3) is 0.382. The molecule has 1 atom stereocenters. The van der Waals surface area contributed by atoms with Crippen LogP contribution in [0.1, 0.15) is 65.7 Å². The first-order valence-electron chi connectivity index (χ1n) is 14.7. The lowest BCUT2D eigenvalue weighted by Gasteiger charge is -2.36. The SMILES string of the molecule is CCC(=O)CCC(C)N1Cc2c(OCc3ccc(CN4CCN(c5ccc(C#N)cc5F)CC4)cc3)cccc2C1=O. The second kappa shape index (κ2) is 13.2. The zero-order valence-electron chi connectivity index (χ0n) is 24.3. The standard InChI is InChI=1S/C34H37FN4O3/c1-3-28(40)13-7-24(2)39-22-30-29(34(39)41)5-4-6-33(30)42-23-26-10-8-25(9-11-26)21-37-15-17-38(18-16-37)32-14-12-27(20-36)19-31(32)35/h4-6,8-12,14,19,24H,3,7,13,15-18,21-23H2,1-2H3. The molecule has 218 valence electrons. The summed E-state index contributed by atoms with van der Waals surface area (Å²) in [6, 6.07) is 20.6. The Morgan fingerprint density at radius 2 is 1.79 bits per heavy atom. The first-order chi connectivity index (χ1) is 20.4. The molecule has 7 nitrogen and oxygen atoms in total. The van der Waals surface area contributed by atoms with Gasteiger partial charge in [0.15, 0.2) is 0 Å². The topological polar surface area (TPSA) is 76.9 Å². The van der Waals surface area contributed by atoms with E-state index < -0.39 is 0 Å². The van der Waals surface area contributed by atoms with Crippen LogP contribution >= 0.6 is 0 Å². The molecule has 2 aliphatic rings. The molecular formula is C34H37FN4O3. The van der Waals surface area contributed by atoms with Crippen LogP contribution < -0.4 is 9.64 Å². The second-order valence-corrected chi connectivity index (χ2v) is 11.1. The van der Waals surface area contributed by atoms with E-state index >= 15 is 0 Å². The van der Waals surface area contributed by atoms with Crippen LogP contribution in [0, 0.1) is 17.1 Å². The van der Waals surface area contributed by atoms with E-state index in [4.69, 9.17) is 10.00 Å². The summed E-state index contributed by atoms with van der Waals surface area (Å²) in [6.45, 7) is 8.70. The molecule has 42 heavy (non-hydrogen) atoms. The van der Waals surface area contributed by atoms with Crippen LogP contribution in [0.25, 0.3) is 0 Å². The van der Waals surface area contributed by atoms with Crippen LogP contribution in [0.4, 0.5) is 10.1 Å². The summed E-state index contributed by atoms with van der Waals surface area (Å²) in [6.07, 6.45) is 1.69. The number of ketones is 1. The lowest BCUT2D eigenvalue weighted by atomic mass is 10.1. The van der Waals surface area contributed by atoms with E-state index in [-0.39, 0.29) is 23.5 Å². The number of benzene rings is 3. The van der Waals surface area contributed by atoms with Crippen LogP contribution in [0.5, 0.6) is 5.75 Å². The van der Waals surface area contributed by atoms with Crippen LogP contribution in [0.2, 0.25) is 0 Å². The van der Waals surface area contributed by atoms with E-state index in [2.05, 4.69) is 29.2 Å². The van der Waals surface area contributed by atoms with Crippen molar-refractivity contribution in [1.29, 1.82) is 5.26 Å². The van der Waals surface area contributed by atoms with Gasteiger partial charge in [0.05, 0.1) is 23.9 Å². The smallest absolute Gasteiger partial charge is 0.254 e. The summed E-state index contributed by atoms with van der Waals surface area (Å²) < 4.78 is 20.6. The molecule has 5 rings (SSSR count). The molecule has 0 aliphatic carbocycles. The van der Waals surface area contributed by atoms with Gasteiger partial charge in [-0.3, -0.25) is 14.5 Å². The first-order valence-corrected chi connectivity index (χ1v) is 14.7. The number of nitriles is 1. The number of rotatable bonds is 11. The highest BCUT2D eigenvalue weighted by atomic mass is 19.1. The predicted molar refractivity (Wildman–Crippen MR) is 160 cm³/mol. The van der Waals surface area contributed by atoms with Crippen molar-refractivity contribution >= 4 is 17.4 Å². The third kappa shape index (κ3) is 6.63. The van der Waals surface area contributed by atoms with Crippen molar-refractivity contribution < 1.29 is 18.7 Å². The number of amides is 1. The van der Waals surface area contributed by atoms with Gasteiger partial charge in [-0.1, -0.05) is 37.3 Å². The van der Waals surface area contributed by atoms with Crippen molar-refractivity contribution in [2.75, 3.05) is 31.1 Å². The Morgan fingerprint density at radius 1 is 1.05 bits per heavy atom. The molecule has 2 aliphatic heterocycles. The Balaban J connectivity index is 1.12. The Hall–Kier alpha value is -4.22. The highest BCUT2D eigenvalue weighted by molar-refractivity contribution is 5.99. The van der Waals surface area contributed by atoms with Crippen molar-refractivity contribution in [3.63, 3.8) is 0 Å². The zero-order chi connectivity index (χ0) is 29.6. The van der Waals surface area contributed by atoms with Gasteiger partial charge >= 0.3 is 0 Å². The number of nitrogens with zero attached hydrogens (tertiary/aromatic N) is 4. The zero-order valence-corrected chi connectivity index (χ0v) is 24.3. The number of hydrogen-bond acceptors (Lipinski definition) is 6. The quantitative estimate of drug-likeness (QED) is 0.295. The van der Waals surface area contributed by atoms with Gasteiger partial charge in [0.1, 0.15) is 24.0 Å².